The van der Waals surface area contributed by atoms with E-state index in [0.29, 0.717) is 5.69 Å². The van der Waals surface area contributed by atoms with Gasteiger partial charge in [0.2, 0.25) is 5.82 Å². The average Bonchev–Trinajstić information content (AvgIpc) is 2.99. The predicted molar refractivity (Wildman–Crippen MR) is 89.4 cm³/mol. The number of aliphatic hydroxyl groups excluding tert-OH is 1. The molecule has 0 saturated heterocycles. The maximum Gasteiger partial charge on any atom is 0.250 e. The number of hydrogen-bond donors (Lipinski definition) is 1. The van der Waals surface area contributed by atoms with Gasteiger partial charge in [-0.1, -0.05) is 23.8 Å². The number of imidazole rings is 1. The molecule has 0 bridgehead atoms. The molecule has 3 aromatic rings. The highest BCUT2D eigenvalue weighted by atomic mass is 79.9. The van der Waals surface area contributed by atoms with Crippen molar-refractivity contribution in [1.82, 2.24) is 9.55 Å². The van der Waals surface area contributed by atoms with Crippen LogP contribution < -0.4 is 21.5 Å². The Hall–Kier alpha value is -1.98. The Morgan fingerprint density at radius 1 is 1.12 bits per heavy atom. The number of aliphatic hydroxyl groups is 1. The zero-order chi connectivity index (χ0) is 16.4. The molecule has 0 radical (unpaired) electrons. The Labute approximate surface area is 153 Å². The van der Waals surface area contributed by atoms with Crippen LogP contribution in [0, 0.1) is 20.8 Å². The van der Waals surface area contributed by atoms with Crippen molar-refractivity contribution < 1.29 is 26.7 Å². The first-order valence-electron chi connectivity index (χ1n) is 7.78. The van der Waals surface area contributed by atoms with E-state index in [1.807, 2.05) is 41.5 Å². The topological polar surface area (TPSA) is 41.9 Å². The second kappa shape index (κ2) is 7.73. The van der Waals surface area contributed by atoms with E-state index in [9.17, 15) is 5.11 Å². The Morgan fingerprint density at radius 3 is 2.50 bits per heavy atom. The summed E-state index contributed by atoms with van der Waals surface area (Å²) in [5.74, 6) is 0.813. The first kappa shape index (κ1) is 18.4. The molecule has 0 saturated carbocycles. The molecule has 5 heteroatoms. The molecule has 0 aliphatic heterocycles. The van der Waals surface area contributed by atoms with Crippen molar-refractivity contribution in [3.63, 3.8) is 0 Å². The van der Waals surface area contributed by atoms with Gasteiger partial charge in [-0.2, -0.15) is 4.57 Å². The van der Waals surface area contributed by atoms with Gasteiger partial charge < -0.3 is 22.1 Å². The molecule has 0 aliphatic carbocycles. The van der Waals surface area contributed by atoms with Crippen molar-refractivity contribution in [2.24, 2.45) is 0 Å². The van der Waals surface area contributed by atoms with Crippen LogP contribution in [-0.2, 0) is 13.2 Å². The normalized spacial score (nSPS) is 10.5. The van der Waals surface area contributed by atoms with E-state index in [4.69, 9.17) is 0 Å². The summed E-state index contributed by atoms with van der Waals surface area (Å²) < 4.78 is 4.12. The van der Waals surface area contributed by atoms with Crippen molar-refractivity contribution >= 4 is 0 Å². The van der Waals surface area contributed by atoms with E-state index in [1.165, 1.54) is 22.3 Å². The number of aryl methyl sites for hydroxylation is 3. The lowest BCUT2D eigenvalue weighted by molar-refractivity contribution is -0.687. The van der Waals surface area contributed by atoms with E-state index in [2.05, 4.69) is 42.5 Å². The summed E-state index contributed by atoms with van der Waals surface area (Å²) in [6.07, 6.45) is 6.07. The van der Waals surface area contributed by atoms with Crippen molar-refractivity contribution in [2.75, 3.05) is 0 Å². The van der Waals surface area contributed by atoms with E-state index >= 15 is 0 Å². The fourth-order valence-electron chi connectivity index (χ4n) is 2.96. The fourth-order valence-corrected chi connectivity index (χ4v) is 2.96. The van der Waals surface area contributed by atoms with Crippen LogP contribution in [0.2, 0.25) is 0 Å². The second-order valence-corrected chi connectivity index (χ2v) is 6.02. The molecule has 3 rings (SSSR count). The third-order valence-corrected chi connectivity index (χ3v) is 4.09. The van der Waals surface area contributed by atoms with Gasteiger partial charge in [-0.05, 0) is 43.5 Å². The first-order valence-corrected chi connectivity index (χ1v) is 7.78. The van der Waals surface area contributed by atoms with E-state index in [1.54, 1.807) is 0 Å². The van der Waals surface area contributed by atoms with E-state index in [0.717, 1.165) is 12.4 Å². The minimum atomic E-state index is -0.0448. The van der Waals surface area contributed by atoms with Gasteiger partial charge in [0.15, 0.2) is 0 Å². The van der Waals surface area contributed by atoms with Crippen molar-refractivity contribution in [3.05, 3.63) is 77.0 Å². The molecule has 2 aromatic heterocycles. The Morgan fingerprint density at radius 2 is 1.83 bits per heavy atom. The zero-order valence-corrected chi connectivity index (χ0v) is 15.8. The van der Waals surface area contributed by atoms with Gasteiger partial charge in [0.05, 0.1) is 12.3 Å². The van der Waals surface area contributed by atoms with Crippen LogP contribution >= 0.6 is 0 Å². The molecule has 0 spiro atoms. The lowest BCUT2D eigenvalue weighted by atomic mass is 10.00. The highest BCUT2D eigenvalue weighted by Crippen LogP contribution is 2.16. The standard InChI is InChI=1S/C19H22N3O.BrH/c1-14-9-15(2)18(16(3)10-14)11-21-7-8-22(13-21)19-6-4-5-17(12-23)20-19;/h4-10,13,23H,11-12H2,1-3H3;1H/q+1;/p-1. The number of hydrogen-bond acceptors (Lipinski definition) is 2. The number of rotatable bonds is 4. The molecule has 4 nitrogen and oxygen atoms in total. The van der Waals surface area contributed by atoms with Gasteiger partial charge in [-0.3, -0.25) is 0 Å². The fraction of sp³-hybridized carbons (Fsp3) is 0.263. The molecule has 0 atom stereocenters. The molecule has 0 unspecified atom stereocenters. The molecular weight excluding hydrogens is 366 g/mol. The molecule has 2 heterocycles. The Balaban J connectivity index is 0.00000208. The molecule has 0 amide bonds. The average molecular weight is 388 g/mol. The number of benzene rings is 1. The van der Waals surface area contributed by atoms with Gasteiger partial charge >= 0.3 is 0 Å². The van der Waals surface area contributed by atoms with Crippen LogP contribution in [0.1, 0.15) is 27.9 Å². The van der Waals surface area contributed by atoms with Crippen LogP contribution in [0.3, 0.4) is 0 Å². The van der Waals surface area contributed by atoms with Crippen molar-refractivity contribution in [2.45, 2.75) is 33.9 Å². The molecule has 0 aliphatic rings. The van der Waals surface area contributed by atoms with Crippen LogP contribution in [-0.4, -0.2) is 14.7 Å². The van der Waals surface area contributed by atoms with Gasteiger partial charge in [0, 0.05) is 6.07 Å². The molecular formula is C19H22BrN3O. The summed E-state index contributed by atoms with van der Waals surface area (Å²) in [6.45, 7) is 7.26. The molecule has 1 aromatic carbocycles. The smallest absolute Gasteiger partial charge is 0.250 e. The molecule has 126 valence electrons. The number of pyridine rings is 1. The van der Waals surface area contributed by atoms with Gasteiger partial charge in [0.1, 0.15) is 18.9 Å². The SMILES string of the molecule is Cc1cc(C)c(C[n+]2ccn(-c3cccc(CO)n3)c2)c(C)c1.[Br-]. The minimum absolute atomic E-state index is 0. The monoisotopic (exact) mass is 387 g/mol. The summed E-state index contributed by atoms with van der Waals surface area (Å²) in [4.78, 5) is 4.43. The molecule has 1 N–H and O–H groups in total. The van der Waals surface area contributed by atoms with Crippen LogP contribution in [0.25, 0.3) is 5.82 Å². The van der Waals surface area contributed by atoms with Crippen LogP contribution in [0.4, 0.5) is 0 Å². The van der Waals surface area contributed by atoms with Gasteiger partial charge in [-0.15, -0.1) is 0 Å². The van der Waals surface area contributed by atoms with Crippen molar-refractivity contribution in [1.29, 1.82) is 0 Å². The summed E-state index contributed by atoms with van der Waals surface area (Å²) in [7, 11) is 0. The Bertz CT molecular complexity index is 819. The second-order valence-electron chi connectivity index (χ2n) is 6.02. The summed E-state index contributed by atoms with van der Waals surface area (Å²) >= 11 is 0. The lowest BCUT2D eigenvalue weighted by Crippen LogP contribution is -3.00. The summed E-state index contributed by atoms with van der Waals surface area (Å²) in [5, 5.41) is 9.22. The van der Waals surface area contributed by atoms with E-state index in [-0.39, 0.29) is 23.6 Å². The van der Waals surface area contributed by atoms with Gasteiger partial charge in [0.25, 0.3) is 6.33 Å². The quantitative estimate of drug-likeness (QED) is 0.620. The predicted octanol–water partition coefficient (Wildman–Crippen LogP) is -0.370. The first-order chi connectivity index (χ1) is 11.1. The summed E-state index contributed by atoms with van der Waals surface area (Å²) in [6, 6.07) is 10.1. The molecule has 24 heavy (non-hydrogen) atoms. The number of halogens is 1. The summed E-state index contributed by atoms with van der Waals surface area (Å²) in [5.41, 5.74) is 5.98. The Kier molecular flexibility index (Phi) is 5.91. The molecule has 0 fully saturated rings. The lowest BCUT2D eigenvalue weighted by Gasteiger charge is -2.09. The largest absolute Gasteiger partial charge is 1.00 e. The third kappa shape index (κ3) is 3.91. The van der Waals surface area contributed by atoms with Gasteiger partial charge in [-0.25, -0.2) is 9.55 Å². The highest BCUT2D eigenvalue weighted by molar-refractivity contribution is 5.36. The minimum Gasteiger partial charge on any atom is -1.00 e. The highest BCUT2D eigenvalue weighted by Gasteiger charge is 2.11. The van der Waals surface area contributed by atoms with Crippen LogP contribution in [0.15, 0.2) is 49.1 Å². The number of aromatic nitrogens is 3. The number of nitrogens with zero attached hydrogens (tertiary/aromatic N) is 3. The maximum absolute atomic E-state index is 9.22. The van der Waals surface area contributed by atoms with Crippen LogP contribution in [0.5, 0.6) is 0 Å². The van der Waals surface area contributed by atoms with E-state index < -0.39 is 0 Å². The maximum atomic E-state index is 9.22. The van der Waals surface area contributed by atoms with Crippen molar-refractivity contribution in [3.8, 4) is 5.82 Å². The third-order valence-electron chi connectivity index (χ3n) is 4.09. The zero-order valence-electron chi connectivity index (χ0n) is 14.2.